The summed E-state index contributed by atoms with van der Waals surface area (Å²) in [6.07, 6.45) is 0.618. The van der Waals surface area contributed by atoms with Gasteiger partial charge in [-0.15, -0.1) is 0 Å². The lowest BCUT2D eigenvalue weighted by molar-refractivity contribution is -0.116. The van der Waals surface area contributed by atoms with E-state index in [0.717, 1.165) is 5.39 Å². The maximum Gasteiger partial charge on any atom is 0.354 e. The second-order valence-electron chi connectivity index (χ2n) is 4.08. The van der Waals surface area contributed by atoms with Gasteiger partial charge in [0.1, 0.15) is 5.69 Å². The van der Waals surface area contributed by atoms with E-state index in [0.29, 0.717) is 11.9 Å². The van der Waals surface area contributed by atoms with Crippen molar-refractivity contribution in [2.24, 2.45) is 0 Å². The summed E-state index contributed by atoms with van der Waals surface area (Å²) in [7, 11) is 0. The first-order valence-corrected chi connectivity index (χ1v) is 6.75. The summed E-state index contributed by atoms with van der Waals surface area (Å²) in [6, 6.07) is 8.71. The lowest BCUT2D eigenvalue weighted by Gasteiger charge is -2.12. The quantitative estimate of drug-likeness (QED) is 0.849. The molecule has 1 unspecified atom stereocenters. The molecule has 1 amide bonds. The van der Waals surface area contributed by atoms with Crippen molar-refractivity contribution in [3.8, 4) is 0 Å². The standard InChI is InChI=1S/C13H13BrN2O3/c1-2-9(14)12(17)15-16-10-6-4-3-5-8(10)7-11(16)13(18)19/h3-7,9H,2H2,1H3,(H,15,17)(H,18,19). The van der Waals surface area contributed by atoms with Crippen LogP contribution in [0.3, 0.4) is 0 Å². The Bertz CT molecular complexity index is 636. The molecular weight excluding hydrogens is 312 g/mol. The molecule has 0 saturated carbocycles. The molecule has 1 aromatic heterocycles. The van der Waals surface area contributed by atoms with Gasteiger partial charge >= 0.3 is 5.97 Å². The number of nitrogens with one attached hydrogen (secondary N) is 1. The van der Waals surface area contributed by atoms with Gasteiger partial charge in [-0.1, -0.05) is 41.1 Å². The fourth-order valence-electron chi connectivity index (χ4n) is 1.80. The van der Waals surface area contributed by atoms with E-state index in [1.807, 2.05) is 13.0 Å². The van der Waals surface area contributed by atoms with Gasteiger partial charge in [-0.25, -0.2) is 9.47 Å². The molecule has 6 heteroatoms. The molecule has 2 N–H and O–H groups in total. The number of fused-ring (bicyclic) bond motifs is 1. The van der Waals surface area contributed by atoms with Gasteiger partial charge in [0.2, 0.25) is 0 Å². The predicted molar refractivity (Wildman–Crippen MR) is 76.3 cm³/mol. The smallest absolute Gasteiger partial charge is 0.354 e. The van der Waals surface area contributed by atoms with Crippen LogP contribution in [0.2, 0.25) is 0 Å². The molecule has 5 nitrogen and oxygen atoms in total. The third-order valence-corrected chi connectivity index (χ3v) is 3.86. The van der Waals surface area contributed by atoms with Crippen molar-refractivity contribution in [1.82, 2.24) is 4.68 Å². The van der Waals surface area contributed by atoms with Gasteiger partial charge in [0, 0.05) is 5.39 Å². The van der Waals surface area contributed by atoms with Crippen LogP contribution in [0.4, 0.5) is 0 Å². The molecule has 1 atom stereocenters. The van der Waals surface area contributed by atoms with Gasteiger partial charge in [0.25, 0.3) is 5.91 Å². The summed E-state index contributed by atoms with van der Waals surface area (Å²) in [5.74, 6) is -1.36. The van der Waals surface area contributed by atoms with E-state index in [9.17, 15) is 14.7 Å². The highest BCUT2D eigenvalue weighted by Crippen LogP contribution is 2.19. The number of carboxylic acids is 1. The Morgan fingerprint density at radius 2 is 2.11 bits per heavy atom. The molecule has 0 spiro atoms. The zero-order chi connectivity index (χ0) is 14.0. The van der Waals surface area contributed by atoms with Crippen LogP contribution in [0, 0.1) is 0 Å². The van der Waals surface area contributed by atoms with Gasteiger partial charge in [-0.3, -0.25) is 10.2 Å². The van der Waals surface area contributed by atoms with E-state index in [-0.39, 0.29) is 16.4 Å². The monoisotopic (exact) mass is 324 g/mol. The molecule has 2 rings (SSSR count). The van der Waals surface area contributed by atoms with Gasteiger partial charge in [0.15, 0.2) is 0 Å². The maximum absolute atomic E-state index is 11.9. The van der Waals surface area contributed by atoms with Crippen molar-refractivity contribution < 1.29 is 14.7 Å². The summed E-state index contributed by atoms with van der Waals surface area (Å²) in [5, 5.41) is 9.96. The molecule has 1 heterocycles. The average molecular weight is 325 g/mol. The number of benzene rings is 1. The third kappa shape index (κ3) is 2.63. The number of halogens is 1. The predicted octanol–water partition coefficient (Wildman–Crippen LogP) is 2.58. The Morgan fingerprint density at radius 3 is 2.74 bits per heavy atom. The van der Waals surface area contributed by atoms with Crippen molar-refractivity contribution in [1.29, 1.82) is 0 Å². The second kappa shape index (κ2) is 5.44. The molecular formula is C13H13BrN2O3. The maximum atomic E-state index is 11.9. The van der Waals surface area contributed by atoms with Crippen molar-refractivity contribution in [2.75, 3.05) is 5.43 Å². The average Bonchev–Trinajstić information content (AvgIpc) is 2.77. The van der Waals surface area contributed by atoms with Crippen LogP contribution in [0.1, 0.15) is 23.8 Å². The number of para-hydroxylation sites is 1. The topological polar surface area (TPSA) is 71.3 Å². The van der Waals surface area contributed by atoms with Crippen LogP contribution in [-0.4, -0.2) is 26.5 Å². The number of nitrogens with zero attached hydrogens (tertiary/aromatic N) is 1. The summed E-state index contributed by atoms with van der Waals surface area (Å²) < 4.78 is 1.31. The Hall–Kier alpha value is -1.82. The van der Waals surface area contributed by atoms with Crippen LogP contribution < -0.4 is 5.43 Å². The highest BCUT2D eigenvalue weighted by Gasteiger charge is 2.19. The second-order valence-corrected chi connectivity index (χ2v) is 5.19. The number of carbonyl (C=O) groups is 2. The van der Waals surface area contributed by atoms with Crippen LogP contribution in [0.25, 0.3) is 10.9 Å². The highest BCUT2D eigenvalue weighted by molar-refractivity contribution is 9.10. The Balaban J connectivity index is 2.48. The SMILES string of the molecule is CCC(Br)C(=O)Nn1c(C(=O)O)cc2ccccc21. The lowest BCUT2D eigenvalue weighted by atomic mass is 10.2. The van der Waals surface area contributed by atoms with E-state index in [4.69, 9.17) is 0 Å². The fourth-order valence-corrected chi connectivity index (χ4v) is 1.90. The van der Waals surface area contributed by atoms with Crippen LogP contribution in [0.15, 0.2) is 30.3 Å². The first kappa shape index (κ1) is 13.6. The number of amides is 1. The number of alkyl halides is 1. The molecule has 0 saturated heterocycles. The van der Waals surface area contributed by atoms with Crippen LogP contribution >= 0.6 is 15.9 Å². The van der Waals surface area contributed by atoms with E-state index in [2.05, 4.69) is 21.4 Å². The summed E-state index contributed by atoms with van der Waals surface area (Å²) in [5.41, 5.74) is 3.30. The van der Waals surface area contributed by atoms with E-state index in [1.165, 1.54) is 10.7 Å². The fraction of sp³-hybridized carbons (Fsp3) is 0.231. The minimum atomic E-state index is -1.08. The Labute approximate surface area is 118 Å². The highest BCUT2D eigenvalue weighted by atomic mass is 79.9. The van der Waals surface area contributed by atoms with Crippen molar-refractivity contribution >= 4 is 38.7 Å². The molecule has 2 aromatic rings. The number of aromatic carboxylic acids is 1. The third-order valence-electron chi connectivity index (χ3n) is 2.79. The first-order chi connectivity index (χ1) is 9.04. The van der Waals surface area contributed by atoms with E-state index >= 15 is 0 Å². The number of carboxylic acid groups (broad SMARTS) is 1. The zero-order valence-electron chi connectivity index (χ0n) is 10.3. The van der Waals surface area contributed by atoms with E-state index < -0.39 is 5.97 Å². The van der Waals surface area contributed by atoms with E-state index in [1.54, 1.807) is 18.2 Å². The van der Waals surface area contributed by atoms with Crippen molar-refractivity contribution in [2.45, 2.75) is 18.2 Å². The molecule has 0 fully saturated rings. The molecule has 0 bridgehead atoms. The molecule has 19 heavy (non-hydrogen) atoms. The van der Waals surface area contributed by atoms with Gasteiger partial charge in [0.05, 0.1) is 10.3 Å². The zero-order valence-corrected chi connectivity index (χ0v) is 11.8. The largest absolute Gasteiger partial charge is 0.477 e. The van der Waals surface area contributed by atoms with Crippen molar-refractivity contribution in [3.63, 3.8) is 0 Å². The number of aromatic nitrogens is 1. The van der Waals surface area contributed by atoms with Crippen molar-refractivity contribution in [3.05, 3.63) is 36.0 Å². The molecule has 0 aliphatic heterocycles. The normalized spacial score (nSPS) is 12.3. The lowest BCUT2D eigenvalue weighted by Crippen LogP contribution is -2.31. The van der Waals surface area contributed by atoms with Crippen LogP contribution in [-0.2, 0) is 4.79 Å². The number of carbonyl (C=O) groups excluding carboxylic acids is 1. The Morgan fingerprint density at radius 1 is 1.42 bits per heavy atom. The first-order valence-electron chi connectivity index (χ1n) is 5.83. The Kier molecular flexibility index (Phi) is 3.90. The minimum absolute atomic E-state index is 0.0327. The molecule has 1 aromatic carbocycles. The van der Waals surface area contributed by atoms with Gasteiger partial charge in [-0.2, -0.15) is 0 Å². The van der Waals surface area contributed by atoms with Gasteiger partial charge in [-0.05, 0) is 18.6 Å². The van der Waals surface area contributed by atoms with Gasteiger partial charge < -0.3 is 5.11 Å². The molecule has 0 radical (unpaired) electrons. The number of rotatable bonds is 4. The molecule has 0 aliphatic carbocycles. The molecule has 100 valence electrons. The summed E-state index contributed by atoms with van der Waals surface area (Å²) >= 11 is 3.24. The summed E-state index contributed by atoms with van der Waals surface area (Å²) in [4.78, 5) is 22.8. The minimum Gasteiger partial charge on any atom is -0.477 e. The summed E-state index contributed by atoms with van der Waals surface area (Å²) in [6.45, 7) is 1.87. The number of hydrogen-bond acceptors (Lipinski definition) is 2. The number of hydrogen-bond donors (Lipinski definition) is 2. The molecule has 0 aliphatic rings. The van der Waals surface area contributed by atoms with Crippen LogP contribution in [0.5, 0.6) is 0 Å².